The van der Waals surface area contributed by atoms with E-state index in [2.05, 4.69) is 15.3 Å². The molecular weight excluding hydrogens is 252 g/mol. The molecule has 1 atom stereocenters. The lowest BCUT2D eigenvalue weighted by Crippen LogP contribution is -2.14. The number of nitrogen functional groups attached to an aromatic ring is 1. The van der Waals surface area contributed by atoms with E-state index in [0.29, 0.717) is 28.8 Å². The van der Waals surface area contributed by atoms with Crippen LogP contribution in [-0.2, 0) is 27.8 Å². The summed E-state index contributed by atoms with van der Waals surface area (Å²) < 4.78 is 23.1. The highest BCUT2D eigenvalue weighted by atomic mass is 32.2. The van der Waals surface area contributed by atoms with E-state index in [9.17, 15) is 8.42 Å². The molecule has 0 spiro atoms. The summed E-state index contributed by atoms with van der Waals surface area (Å²) in [6, 6.07) is 0. The molecule has 1 aromatic heterocycles. The zero-order valence-corrected chi connectivity index (χ0v) is 10.8. The number of nitrogens with zero attached hydrogens (tertiary/aromatic N) is 2. The monoisotopic (exact) mass is 268 g/mol. The van der Waals surface area contributed by atoms with Crippen molar-refractivity contribution in [3.8, 4) is 0 Å². The van der Waals surface area contributed by atoms with E-state index in [4.69, 9.17) is 5.73 Å². The average molecular weight is 268 g/mol. The van der Waals surface area contributed by atoms with Crippen molar-refractivity contribution in [2.45, 2.75) is 24.3 Å². The molecule has 1 aromatic rings. The first kappa shape index (κ1) is 11.9. The number of anilines is 1. The van der Waals surface area contributed by atoms with Crippen LogP contribution in [0.5, 0.6) is 0 Å². The molecule has 1 unspecified atom stereocenters. The number of fused-ring (bicyclic) bond motifs is 1. The second-order valence-corrected chi connectivity index (χ2v) is 7.11. The fraction of sp³-hybridized carbons (Fsp3) is 0.636. The fourth-order valence-electron chi connectivity index (χ4n) is 2.60. The van der Waals surface area contributed by atoms with Crippen LogP contribution in [0.4, 0.5) is 5.82 Å². The lowest BCUT2D eigenvalue weighted by molar-refractivity contribution is 0.560. The van der Waals surface area contributed by atoms with E-state index in [1.807, 2.05) is 0 Å². The van der Waals surface area contributed by atoms with Gasteiger partial charge in [-0.2, -0.15) is 0 Å². The first-order chi connectivity index (χ1) is 8.53. The topological polar surface area (TPSA) is 98.0 Å². The summed E-state index contributed by atoms with van der Waals surface area (Å²) >= 11 is 0. The number of sulfone groups is 1. The Morgan fingerprint density at radius 1 is 1.33 bits per heavy atom. The van der Waals surface area contributed by atoms with Crippen LogP contribution >= 0.6 is 0 Å². The van der Waals surface area contributed by atoms with Crippen molar-refractivity contribution in [3.63, 3.8) is 0 Å². The largest absolute Gasteiger partial charge is 0.383 e. The van der Waals surface area contributed by atoms with Crippen molar-refractivity contribution in [1.29, 1.82) is 0 Å². The van der Waals surface area contributed by atoms with Gasteiger partial charge in [-0.15, -0.1) is 0 Å². The molecule has 2 aliphatic heterocycles. The van der Waals surface area contributed by atoms with Crippen LogP contribution in [-0.4, -0.2) is 31.5 Å². The molecule has 0 aliphatic carbocycles. The minimum atomic E-state index is -3.07. The molecule has 0 aromatic carbocycles. The van der Waals surface area contributed by atoms with Crippen molar-refractivity contribution in [1.82, 2.24) is 15.3 Å². The van der Waals surface area contributed by atoms with Crippen molar-refractivity contribution in [2.75, 3.05) is 18.8 Å². The highest BCUT2D eigenvalue weighted by Gasteiger charge is 2.29. The normalized spacial score (nSPS) is 25.2. The highest BCUT2D eigenvalue weighted by Crippen LogP contribution is 2.27. The van der Waals surface area contributed by atoms with Gasteiger partial charge in [-0.05, 0) is 25.4 Å². The van der Waals surface area contributed by atoms with Gasteiger partial charge in [0.1, 0.15) is 11.6 Å². The predicted molar refractivity (Wildman–Crippen MR) is 67.5 cm³/mol. The number of nitrogens with one attached hydrogen (secondary N) is 1. The van der Waals surface area contributed by atoms with Crippen molar-refractivity contribution < 1.29 is 8.42 Å². The molecule has 18 heavy (non-hydrogen) atoms. The first-order valence-electron chi connectivity index (χ1n) is 6.09. The van der Waals surface area contributed by atoms with Gasteiger partial charge >= 0.3 is 0 Å². The molecule has 0 amide bonds. The van der Waals surface area contributed by atoms with Crippen LogP contribution in [0.25, 0.3) is 0 Å². The standard InChI is InChI=1S/C11H16N4O2S/c12-11-8-5-18(16,17)6-9(8)14-10(15-11)3-7-1-2-13-4-7/h7,13H,1-6H2,(H2,12,14,15). The minimum absolute atomic E-state index is 0.00493. The Kier molecular flexibility index (Phi) is 2.74. The zero-order chi connectivity index (χ0) is 12.8. The molecule has 3 rings (SSSR count). The van der Waals surface area contributed by atoms with E-state index in [1.54, 1.807) is 0 Å². The summed E-state index contributed by atoms with van der Waals surface area (Å²) in [6.07, 6.45) is 1.88. The third-order valence-electron chi connectivity index (χ3n) is 3.53. The SMILES string of the molecule is Nc1nc(CC2CCNC2)nc2c1CS(=O)(=O)C2. The van der Waals surface area contributed by atoms with Crippen molar-refractivity contribution in [3.05, 3.63) is 17.1 Å². The lowest BCUT2D eigenvalue weighted by atomic mass is 10.0. The zero-order valence-electron chi connectivity index (χ0n) is 10.0. The van der Waals surface area contributed by atoms with Crippen LogP contribution in [0.15, 0.2) is 0 Å². The van der Waals surface area contributed by atoms with Crippen LogP contribution in [0.1, 0.15) is 23.5 Å². The number of hydrogen-bond donors (Lipinski definition) is 2. The van der Waals surface area contributed by atoms with Crippen LogP contribution in [0, 0.1) is 5.92 Å². The summed E-state index contributed by atoms with van der Waals surface area (Å²) in [5, 5.41) is 3.29. The number of nitrogens with two attached hydrogens (primary N) is 1. The fourth-order valence-corrected chi connectivity index (χ4v) is 4.11. The van der Waals surface area contributed by atoms with E-state index in [-0.39, 0.29) is 11.5 Å². The summed E-state index contributed by atoms with van der Waals surface area (Å²) in [4.78, 5) is 8.62. The van der Waals surface area contributed by atoms with Gasteiger partial charge in [0.25, 0.3) is 0 Å². The molecule has 6 nitrogen and oxygen atoms in total. The minimum Gasteiger partial charge on any atom is -0.383 e. The van der Waals surface area contributed by atoms with Crippen molar-refractivity contribution in [2.24, 2.45) is 5.92 Å². The van der Waals surface area contributed by atoms with Crippen LogP contribution in [0.2, 0.25) is 0 Å². The van der Waals surface area contributed by atoms with E-state index in [1.165, 1.54) is 0 Å². The number of hydrogen-bond acceptors (Lipinski definition) is 6. The Bertz CT molecular complexity index is 579. The third-order valence-corrected chi connectivity index (χ3v) is 4.97. The van der Waals surface area contributed by atoms with E-state index < -0.39 is 9.84 Å². The van der Waals surface area contributed by atoms with Gasteiger partial charge in [-0.1, -0.05) is 0 Å². The summed E-state index contributed by atoms with van der Waals surface area (Å²) in [5.74, 6) is 1.53. The Morgan fingerprint density at radius 2 is 2.17 bits per heavy atom. The molecular formula is C11H16N4O2S. The maximum Gasteiger partial charge on any atom is 0.160 e. The van der Waals surface area contributed by atoms with Gasteiger partial charge in [0.2, 0.25) is 0 Å². The second-order valence-electron chi connectivity index (χ2n) is 5.05. The Hall–Kier alpha value is -1.21. The Labute approximate surface area is 106 Å². The average Bonchev–Trinajstić information content (AvgIpc) is 2.85. The van der Waals surface area contributed by atoms with Crippen LogP contribution in [0.3, 0.4) is 0 Å². The molecule has 1 saturated heterocycles. The van der Waals surface area contributed by atoms with Gasteiger partial charge in [-0.3, -0.25) is 0 Å². The molecule has 3 heterocycles. The first-order valence-corrected chi connectivity index (χ1v) is 7.91. The molecule has 3 N–H and O–H groups in total. The molecule has 1 fully saturated rings. The van der Waals surface area contributed by atoms with E-state index >= 15 is 0 Å². The molecule has 98 valence electrons. The number of rotatable bonds is 2. The molecule has 7 heteroatoms. The Morgan fingerprint density at radius 3 is 2.89 bits per heavy atom. The smallest absolute Gasteiger partial charge is 0.160 e. The van der Waals surface area contributed by atoms with Gasteiger partial charge in [0, 0.05) is 12.0 Å². The third kappa shape index (κ3) is 2.20. The van der Waals surface area contributed by atoms with Gasteiger partial charge in [0.15, 0.2) is 9.84 Å². The predicted octanol–water partition coefficient (Wildman–Crippen LogP) is -0.361. The van der Waals surface area contributed by atoms with Gasteiger partial charge in [-0.25, -0.2) is 18.4 Å². The molecule has 0 radical (unpaired) electrons. The molecule has 0 bridgehead atoms. The molecule has 0 saturated carbocycles. The maximum atomic E-state index is 11.6. The molecule has 2 aliphatic rings. The van der Waals surface area contributed by atoms with Gasteiger partial charge in [0.05, 0.1) is 17.2 Å². The van der Waals surface area contributed by atoms with Crippen molar-refractivity contribution >= 4 is 15.7 Å². The van der Waals surface area contributed by atoms with Crippen LogP contribution < -0.4 is 11.1 Å². The van der Waals surface area contributed by atoms with E-state index in [0.717, 1.165) is 25.9 Å². The summed E-state index contributed by atoms with van der Waals surface area (Å²) in [7, 11) is -3.07. The second kappa shape index (κ2) is 4.17. The Balaban J connectivity index is 1.88. The van der Waals surface area contributed by atoms with Gasteiger partial charge < -0.3 is 11.1 Å². The summed E-state index contributed by atoms with van der Waals surface area (Å²) in [5.41, 5.74) is 7.04. The lowest BCUT2D eigenvalue weighted by Gasteiger charge is -2.09. The maximum absolute atomic E-state index is 11.6. The quantitative estimate of drug-likeness (QED) is 0.760. The highest BCUT2D eigenvalue weighted by molar-refractivity contribution is 7.90. The summed E-state index contributed by atoms with van der Waals surface area (Å²) in [6.45, 7) is 2.00. The number of aromatic nitrogens is 2.